The van der Waals surface area contributed by atoms with E-state index in [1.165, 1.54) is 32.1 Å². The molecule has 0 aromatic heterocycles. The number of likely N-dealkylation sites (tertiary alicyclic amines) is 1. The Morgan fingerprint density at radius 2 is 1.85 bits per heavy atom. The summed E-state index contributed by atoms with van der Waals surface area (Å²) in [6.07, 6.45) is 6.01. The van der Waals surface area contributed by atoms with Crippen LogP contribution in [0.2, 0.25) is 0 Å². The molecular formula is C16H26N2O2. The molecule has 1 aromatic carbocycles. The highest BCUT2D eigenvalue weighted by atomic mass is 16.5. The summed E-state index contributed by atoms with van der Waals surface area (Å²) in [4.78, 5) is 2.35. The second-order valence-corrected chi connectivity index (χ2v) is 5.61. The molecule has 1 heterocycles. The molecular weight excluding hydrogens is 252 g/mol. The number of nitrogens with two attached hydrogens (primary N) is 1. The van der Waals surface area contributed by atoms with Gasteiger partial charge in [0.05, 0.1) is 0 Å². The lowest BCUT2D eigenvalue weighted by Crippen LogP contribution is -2.37. The first-order valence-electron chi connectivity index (χ1n) is 7.63. The zero-order valence-corrected chi connectivity index (χ0v) is 12.1. The molecule has 4 nitrogen and oxygen atoms in total. The van der Waals surface area contributed by atoms with E-state index in [0.717, 1.165) is 18.8 Å². The fourth-order valence-electron chi connectivity index (χ4n) is 2.64. The molecule has 1 saturated heterocycles. The van der Waals surface area contributed by atoms with Crippen LogP contribution in [-0.4, -0.2) is 42.4 Å². The van der Waals surface area contributed by atoms with Crippen molar-refractivity contribution < 1.29 is 9.84 Å². The van der Waals surface area contributed by atoms with E-state index < -0.39 is 6.10 Å². The number of benzene rings is 1. The fraction of sp³-hybridized carbons (Fsp3) is 0.625. The van der Waals surface area contributed by atoms with Crippen LogP contribution in [0.25, 0.3) is 0 Å². The van der Waals surface area contributed by atoms with Crippen LogP contribution in [0, 0.1) is 0 Å². The van der Waals surface area contributed by atoms with E-state index in [1.54, 1.807) is 6.07 Å². The molecule has 20 heavy (non-hydrogen) atoms. The standard InChI is InChI=1S/C16H26N2O2/c17-14-7-6-8-16(11-14)20-13-15(19)12-18-9-4-2-1-3-5-10-18/h6-8,11,15,19H,1-5,9-10,12-13,17H2. The molecule has 112 valence electrons. The summed E-state index contributed by atoms with van der Waals surface area (Å²) in [5.74, 6) is 0.719. The molecule has 0 spiro atoms. The quantitative estimate of drug-likeness (QED) is 0.811. The predicted octanol–water partition coefficient (Wildman–Crippen LogP) is 2.27. The summed E-state index contributed by atoms with van der Waals surface area (Å²) >= 11 is 0. The largest absolute Gasteiger partial charge is 0.491 e. The van der Waals surface area contributed by atoms with Gasteiger partial charge in [0.25, 0.3) is 0 Å². The Morgan fingerprint density at radius 1 is 1.15 bits per heavy atom. The molecule has 1 atom stereocenters. The lowest BCUT2D eigenvalue weighted by molar-refractivity contribution is 0.0654. The van der Waals surface area contributed by atoms with Crippen molar-refractivity contribution in [2.24, 2.45) is 0 Å². The van der Waals surface area contributed by atoms with Crippen LogP contribution in [0.1, 0.15) is 32.1 Å². The van der Waals surface area contributed by atoms with E-state index in [2.05, 4.69) is 4.90 Å². The van der Waals surface area contributed by atoms with Crippen molar-refractivity contribution in [2.45, 2.75) is 38.2 Å². The number of aliphatic hydroxyl groups is 1. The summed E-state index contributed by atoms with van der Waals surface area (Å²) in [5.41, 5.74) is 6.38. The topological polar surface area (TPSA) is 58.7 Å². The number of hydrogen-bond acceptors (Lipinski definition) is 4. The Bertz CT molecular complexity index is 390. The number of anilines is 1. The number of β-amino-alcohol motifs (C(OH)–C–C–N with tert-alkyl or cyclic N) is 1. The van der Waals surface area contributed by atoms with E-state index in [-0.39, 0.29) is 0 Å². The van der Waals surface area contributed by atoms with Gasteiger partial charge in [-0.3, -0.25) is 0 Å². The van der Waals surface area contributed by atoms with Gasteiger partial charge in [0.15, 0.2) is 0 Å². The molecule has 1 aliphatic rings. The molecule has 1 aromatic rings. The highest BCUT2D eigenvalue weighted by molar-refractivity contribution is 5.43. The lowest BCUT2D eigenvalue weighted by Gasteiger charge is -2.26. The monoisotopic (exact) mass is 278 g/mol. The SMILES string of the molecule is Nc1cccc(OCC(O)CN2CCCCCCC2)c1. The molecule has 1 unspecified atom stereocenters. The first-order valence-corrected chi connectivity index (χ1v) is 7.63. The summed E-state index contributed by atoms with van der Waals surface area (Å²) in [5, 5.41) is 10.1. The van der Waals surface area contributed by atoms with Gasteiger partial charge >= 0.3 is 0 Å². The van der Waals surface area contributed by atoms with Crippen molar-refractivity contribution in [2.75, 3.05) is 32.0 Å². The summed E-state index contributed by atoms with van der Waals surface area (Å²) in [7, 11) is 0. The van der Waals surface area contributed by atoms with E-state index in [4.69, 9.17) is 10.5 Å². The lowest BCUT2D eigenvalue weighted by atomic mass is 10.1. The predicted molar refractivity (Wildman–Crippen MR) is 81.9 cm³/mol. The maximum atomic E-state index is 10.1. The van der Waals surface area contributed by atoms with Crippen LogP contribution in [0.4, 0.5) is 5.69 Å². The minimum absolute atomic E-state index is 0.319. The smallest absolute Gasteiger partial charge is 0.121 e. The highest BCUT2D eigenvalue weighted by Crippen LogP contribution is 2.15. The first-order chi connectivity index (χ1) is 9.74. The minimum atomic E-state index is -0.448. The maximum Gasteiger partial charge on any atom is 0.121 e. The van der Waals surface area contributed by atoms with Crippen LogP contribution in [0.15, 0.2) is 24.3 Å². The molecule has 0 amide bonds. The zero-order chi connectivity index (χ0) is 14.2. The molecule has 0 saturated carbocycles. The van der Waals surface area contributed by atoms with Crippen molar-refractivity contribution >= 4 is 5.69 Å². The van der Waals surface area contributed by atoms with Crippen LogP contribution in [-0.2, 0) is 0 Å². The van der Waals surface area contributed by atoms with Gasteiger partial charge in [-0.2, -0.15) is 0 Å². The van der Waals surface area contributed by atoms with Crippen molar-refractivity contribution in [3.63, 3.8) is 0 Å². The summed E-state index contributed by atoms with van der Waals surface area (Å²) in [6, 6.07) is 7.32. The first kappa shape index (κ1) is 15.1. The zero-order valence-electron chi connectivity index (χ0n) is 12.1. The molecule has 0 aliphatic carbocycles. The van der Waals surface area contributed by atoms with Crippen LogP contribution in [0.3, 0.4) is 0 Å². The van der Waals surface area contributed by atoms with E-state index in [9.17, 15) is 5.11 Å². The van der Waals surface area contributed by atoms with Crippen molar-refractivity contribution in [1.29, 1.82) is 0 Å². The van der Waals surface area contributed by atoms with E-state index in [0.29, 0.717) is 18.8 Å². The van der Waals surface area contributed by atoms with Crippen LogP contribution in [0.5, 0.6) is 5.75 Å². The van der Waals surface area contributed by atoms with Crippen molar-refractivity contribution in [1.82, 2.24) is 4.90 Å². The average Bonchev–Trinajstić information content (AvgIpc) is 2.39. The van der Waals surface area contributed by atoms with Crippen LogP contribution >= 0.6 is 0 Å². The van der Waals surface area contributed by atoms with Crippen molar-refractivity contribution in [3.8, 4) is 5.75 Å². The van der Waals surface area contributed by atoms with Gasteiger partial charge in [0.2, 0.25) is 0 Å². The summed E-state index contributed by atoms with van der Waals surface area (Å²) < 4.78 is 5.59. The maximum absolute atomic E-state index is 10.1. The number of aliphatic hydroxyl groups excluding tert-OH is 1. The summed E-state index contributed by atoms with van der Waals surface area (Å²) in [6.45, 7) is 3.20. The van der Waals surface area contributed by atoms with Gasteiger partial charge in [0, 0.05) is 18.3 Å². The van der Waals surface area contributed by atoms with E-state index in [1.807, 2.05) is 18.2 Å². The van der Waals surface area contributed by atoms with Gasteiger partial charge < -0.3 is 20.5 Å². The Balaban J connectivity index is 1.72. The number of nitrogen functional groups attached to an aromatic ring is 1. The molecule has 1 fully saturated rings. The molecule has 0 bridgehead atoms. The minimum Gasteiger partial charge on any atom is -0.491 e. The van der Waals surface area contributed by atoms with Gasteiger partial charge in [-0.1, -0.05) is 25.3 Å². The molecule has 0 radical (unpaired) electrons. The number of nitrogens with zero attached hydrogens (tertiary/aromatic N) is 1. The Morgan fingerprint density at radius 3 is 2.55 bits per heavy atom. The third kappa shape index (κ3) is 5.39. The molecule has 2 rings (SSSR count). The average molecular weight is 278 g/mol. The van der Waals surface area contributed by atoms with Gasteiger partial charge in [-0.15, -0.1) is 0 Å². The molecule has 4 heteroatoms. The van der Waals surface area contributed by atoms with Gasteiger partial charge in [-0.05, 0) is 38.1 Å². The Hall–Kier alpha value is -1.26. The molecule has 1 aliphatic heterocycles. The van der Waals surface area contributed by atoms with Crippen LogP contribution < -0.4 is 10.5 Å². The third-order valence-corrected chi connectivity index (χ3v) is 3.72. The number of ether oxygens (including phenoxy) is 1. The third-order valence-electron chi connectivity index (χ3n) is 3.72. The van der Waals surface area contributed by atoms with Crippen molar-refractivity contribution in [3.05, 3.63) is 24.3 Å². The number of hydrogen-bond donors (Lipinski definition) is 2. The normalized spacial score (nSPS) is 19.1. The van der Waals surface area contributed by atoms with E-state index >= 15 is 0 Å². The highest BCUT2D eigenvalue weighted by Gasteiger charge is 2.13. The van der Waals surface area contributed by atoms with Gasteiger partial charge in [0.1, 0.15) is 18.5 Å². The Labute approximate surface area is 121 Å². The van der Waals surface area contributed by atoms with Gasteiger partial charge in [-0.25, -0.2) is 0 Å². The fourth-order valence-corrected chi connectivity index (χ4v) is 2.64. The molecule has 3 N–H and O–H groups in total. The number of rotatable bonds is 5. The second-order valence-electron chi connectivity index (χ2n) is 5.61. The Kier molecular flexibility index (Phi) is 6.15. The second kappa shape index (κ2) is 8.12.